The van der Waals surface area contributed by atoms with Crippen LogP contribution in [-0.2, 0) is 0 Å². The van der Waals surface area contributed by atoms with E-state index >= 15 is 0 Å². The molecule has 0 aromatic carbocycles. The highest BCUT2D eigenvalue weighted by Crippen LogP contribution is 2.09. The Balaban J connectivity index is 2.25. The first-order valence-corrected chi connectivity index (χ1v) is 4.28. The molecule has 1 rings (SSSR count). The van der Waals surface area contributed by atoms with E-state index in [4.69, 9.17) is 0 Å². The molecule has 0 saturated carbocycles. The Labute approximate surface area is 63.4 Å². The van der Waals surface area contributed by atoms with Gasteiger partial charge in [-0.2, -0.15) is 0 Å². The average Bonchev–Trinajstić information content (AvgIpc) is 1.94. The van der Waals surface area contributed by atoms with Crippen LogP contribution in [0.15, 0.2) is 0 Å². The predicted octanol–water partition coefficient (Wildman–Crippen LogP) is 0.942. The van der Waals surface area contributed by atoms with Gasteiger partial charge in [-0.25, -0.2) is 0 Å². The monoisotopic (exact) mass is 142 g/mol. The summed E-state index contributed by atoms with van der Waals surface area (Å²) >= 11 is 0. The summed E-state index contributed by atoms with van der Waals surface area (Å²) in [7, 11) is 0. The van der Waals surface area contributed by atoms with Crippen LogP contribution in [0.1, 0.15) is 26.7 Å². The molecule has 2 N–H and O–H groups in total. The molecule has 1 aliphatic rings. The Bertz CT molecular complexity index is 91.3. The van der Waals surface area contributed by atoms with Crippen LogP contribution in [0.4, 0.5) is 0 Å². The molecule has 1 fully saturated rings. The van der Waals surface area contributed by atoms with E-state index in [1.54, 1.807) is 0 Å². The summed E-state index contributed by atoms with van der Waals surface area (Å²) in [6, 6.07) is 0.756. The maximum Gasteiger partial charge on any atom is 0.0456 e. The number of rotatable bonds is 2. The molecule has 0 bridgehead atoms. The van der Waals surface area contributed by atoms with Crippen molar-refractivity contribution in [3.05, 3.63) is 0 Å². The fourth-order valence-electron chi connectivity index (χ4n) is 1.54. The van der Waals surface area contributed by atoms with Crippen molar-refractivity contribution in [3.63, 3.8) is 0 Å². The first kappa shape index (κ1) is 8.02. The van der Waals surface area contributed by atoms with E-state index in [1.807, 2.05) is 0 Å². The third-order valence-electron chi connectivity index (χ3n) is 2.24. The van der Waals surface area contributed by atoms with Gasteiger partial charge in [-0.1, -0.05) is 20.3 Å². The molecule has 0 aromatic heterocycles. The van der Waals surface area contributed by atoms with Crippen LogP contribution >= 0.6 is 0 Å². The van der Waals surface area contributed by atoms with Crippen LogP contribution in [-0.4, -0.2) is 19.3 Å². The predicted molar refractivity (Wildman–Crippen MR) is 43.9 cm³/mol. The van der Waals surface area contributed by atoms with Crippen LogP contribution in [0.2, 0.25) is 0 Å². The number of hydrogen-bond acceptors (Lipinski definition) is 2. The minimum absolute atomic E-state index is 0.756. The number of hydrogen-bond donors (Lipinski definition) is 2. The van der Waals surface area contributed by atoms with Gasteiger partial charge in [0.25, 0.3) is 0 Å². The molecule has 0 amide bonds. The summed E-state index contributed by atoms with van der Waals surface area (Å²) in [6.07, 6.45) is 2.62. The molecule has 1 saturated heterocycles. The van der Waals surface area contributed by atoms with Crippen molar-refractivity contribution >= 4 is 0 Å². The van der Waals surface area contributed by atoms with E-state index in [0.717, 1.165) is 18.6 Å². The topological polar surface area (TPSA) is 24.1 Å². The summed E-state index contributed by atoms with van der Waals surface area (Å²) in [5.74, 6) is 0.800. The average molecular weight is 142 g/mol. The normalized spacial score (nSPS) is 34.2. The molecule has 0 aromatic rings. The smallest absolute Gasteiger partial charge is 0.0456 e. The highest BCUT2D eigenvalue weighted by atomic mass is 15.1. The second-order valence-electron chi connectivity index (χ2n) is 3.21. The van der Waals surface area contributed by atoms with Crippen molar-refractivity contribution in [2.24, 2.45) is 5.92 Å². The van der Waals surface area contributed by atoms with Crippen molar-refractivity contribution in [2.75, 3.05) is 13.2 Å². The van der Waals surface area contributed by atoms with Gasteiger partial charge in [-0.15, -0.1) is 0 Å². The maximum absolute atomic E-state index is 3.46. The zero-order valence-corrected chi connectivity index (χ0v) is 6.98. The van der Waals surface area contributed by atoms with Crippen LogP contribution in [0.25, 0.3) is 0 Å². The van der Waals surface area contributed by atoms with E-state index in [2.05, 4.69) is 24.5 Å². The lowest BCUT2D eigenvalue weighted by molar-refractivity contribution is 0.282. The molecule has 1 heterocycles. The minimum Gasteiger partial charge on any atom is -0.304 e. The van der Waals surface area contributed by atoms with E-state index in [9.17, 15) is 0 Å². The fraction of sp³-hybridized carbons (Fsp3) is 1.00. The Morgan fingerprint density at radius 3 is 2.90 bits per heavy atom. The molecule has 2 heteroatoms. The van der Waals surface area contributed by atoms with E-state index in [0.29, 0.717) is 0 Å². The molecule has 2 unspecified atom stereocenters. The van der Waals surface area contributed by atoms with Gasteiger partial charge in [0.05, 0.1) is 0 Å². The Hall–Kier alpha value is -0.0800. The summed E-state index contributed by atoms with van der Waals surface area (Å²) in [6.45, 7) is 6.72. The first-order valence-electron chi connectivity index (χ1n) is 4.28. The summed E-state index contributed by atoms with van der Waals surface area (Å²) in [4.78, 5) is 0. The molecule has 0 aliphatic carbocycles. The highest BCUT2D eigenvalue weighted by Gasteiger charge is 2.18. The molecular weight excluding hydrogens is 124 g/mol. The quantitative estimate of drug-likeness (QED) is 0.599. The molecule has 0 radical (unpaired) electrons. The van der Waals surface area contributed by atoms with E-state index < -0.39 is 0 Å². The lowest BCUT2D eigenvalue weighted by Crippen LogP contribution is -2.50. The van der Waals surface area contributed by atoms with Crippen molar-refractivity contribution in [2.45, 2.75) is 32.7 Å². The van der Waals surface area contributed by atoms with Gasteiger partial charge in [-0.05, 0) is 12.3 Å². The summed E-state index contributed by atoms with van der Waals surface area (Å²) in [5.41, 5.74) is 0. The SMILES string of the molecule is CCCC1NCNCC1C. The van der Waals surface area contributed by atoms with Gasteiger partial charge >= 0.3 is 0 Å². The number of nitrogens with one attached hydrogen (secondary N) is 2. The molecule has 60 valence electrons. The molecule has 10 heavy (non-hydrogen) atoms. The second-order valence-corrected chi connectivity index (χ2v) is 3.21. The van der Waals surface area contributed by atoms with Crippen LogP contribution < -0.4 is 10.6 Å². The van der Waals surface area contributed by atoms with Gasteiger partial charge in [-0.3, -0.25) is 0 Å². The van der Waals surface area contributed by atoms with Crippen molar-refractivity contribution in [1.29, 1.82) is 0 Å². The molecular formula is C8H18N2. The van der Waals surface area contributed by atoms with Crippen LogP contribution in [0.5, 0.6) is 0 Å². The minimum atomic E-state index is 0.756. The Morgan fingerprint density at radius 2 is 2.30 bits per heavy atom. The standard InChI is InChI=1S/C8H18N2/c1-3-4-8-7(2)5-9-6-10-8/h7-10H,3-6H2,1-2H3. The largest absolute Gasteiger partial charge is 0.304 e. The second kappa shape index (κ2) is 3.94. The van der Waals surface area contributed by atoms with Crippen LogP contribution in [0, 0.1) is 5.92 Å². The van der Waals surface area contributed by atoms with Gasteiger partial charge < -0.3 is 10.6 Å². The molecule has 2 atom stereocenters. The van der Waals surface area contributed by atoms with Crippen LogP contribution in [0.3, 0.4) is 0 Å². The van der Waals surface area contributed by atoms with E-state index in [-0.39, 0.29) is 0 Å². The van der Waals surface area contributed by atoms with Crippen molar-refractivity contribution in [1.82, 2.24) is 10.6 Å². The lowest BCUT2D eigenvalue weighted by atomic mass is 9.96. The Morgan fingerprint density at radius 1 is 1.50 bits per heavy atom. The lowest BCUT2D eigenvalue weighted by Gasteiger charge is -2.30. The highest BCUT2D eigenvalue weighted by molar-refractivity contribution is 4.77. The molecule has 2 nitrogen and oxygen atoms in total. The van der Waals surface area contributed by atoms with Gasteiger partial charge in [0.1, 0.15) is 0 Å². The zero-order valence-electron chi connectivity index (χ0n) is 6.98. The third kappa shape index (κ3) is 1.96. The van der Waals surface area contributed by atoms with Gasteiger partial charge in [0.2, 0.25) is 0 Å². The zero-order chi connectivity index (χ0) is 7.40. The summed E-state index contributed by atoms with van der Waals surface area (Å²) in [5, 5.41) is 6.77. The maximum atomic E-state index is 3.46. The molecule has 1 aliphatic heterocycles. The third-order valence-corrected chi connectivity index (χ3v) is 2.24. The Kier molecular flexibility index (Phi) is 3.16. The first-order chi connectivity index (χ1) is 4.84. The van der Waals surface area contributed by atoms with E-state index in [1.165, 1.54) is 19.4 Å². The summed E-state index contributed by atoms with van der Waals surface area (Å²) < 4.78 is 0. The van der Waals surface area contributed by atoms with Gasteiger partial charge in [0, 0.05) is 19.3 Å². The van der Waals surface area contributed by atoms with Crippen molar-refractivity contribution < 1.29 is 0 Å². The fourth-order valence-corrected chi connectivity index (χ4v) is 1.54. The molecule has 0 spiro atoms. The van der Waals surface area contributed by atoms with Crippen molar-refractivity contribution in [3.8, 4) is 0 Å². The van der Waals surface area contributed by atoms with Gasteiger partial charge in [0.15, 0.2) is 0 Å².